The zero-order chi connectivity index (χ0) is 13.8. The van der Waals surface area contributed by atoms with Crippen LogP contribution in [0.2, 0.25) is 5.02 Å². The largest absolute Gasteiger partial charge is 0.478 e. The summed E-state index contributed by atoms with van der Waals surface area (Å²) in [5.74, 6) is -0.451. The minimum absolute atomic E-state index is 0.0183. The summed E-state index contributed by atoms with van der Waals surface area (Å²) in [5, 5.41) is 12.7. The van der Waals surface area contributed by atoms with Crippen LogP contribution in [-0.2, 0) is 0 Å². The standard InChI is InChI=1S/C14H13ClN2O2/c1-9(10-3-2-4-12(15)7-10)17-13-8-11(14(18)19)5-6-16-13/h2-9H,1H3,(H,16,17)(H,18,19). The number of hydrogen-bond donors (Lipinski definition) is 2. The molecule has 1 aromatic carbocycles. The number of nitrogens with one attached hydrogen (secondary N) is 1. The van der Waals surface area contributed by atoms with Crippen LogP contribution < -0.4 is 5.32 Å². The van der Waals surface area contributed by atoms with E-state index in [4.69, 9.17) is 16.7 Å². The summed E-state index contributed by atoms with van der Waals surface area (Å²) in [4.78, 5) is 15.0. The SMILES string of the molecule is CC(Nc1cc(C(=O)O)ccn1)c1cccc(Cl)c1. The molecule has 0 aliphatic carbocycles. The number of carbonyl (C=O) groups is 1. The maximum Gasteiger partial charge on any atom is 0.335 e. The molecular formula is C14H13ClN2O2. The van der Waals surface area contributed by atoms with Gasteiger partial charge < -0.3 is 10.4 Å². The van der Waals surface area contributed by atoms with Crippen molar-refractivity contribution in [2.45, 2.75) is 13.0 Å². The van der Waals surface area contributed by atoms with E-state index >= 15 is 0 Å². The molecule has 1 heterocycles. The van der Waals surface area contributed by atoms with E-state index in [1.54, 1.807) is 6.07 Å². The smallest absolute Gasteiger partial charge is 0.335 e. The molecule has 1 aromatic heterocycles. The van der Waals surface area contributed by atoms with Crippen LogP contribution in [0.1, 0.15) is 28.9 Å². The predicted molar refractivity (Wildman–Crippen MR) is 74.7 cm³/mol. The second kappa shape index (κ2) is 5.71. The van der Waals surface area contributed by atoms with Gasteiger partial charge in [-0.15, -0.1) is 0 Å². The Morgan fingerprint density at radius 3 is 2.84 bits per heavy atom. The lowest BCUT2D eigenvalue weighted by molar-refractivity contribution is 0.0697. The van der Waals surface area contributed by atoms with Crippen LogP contribution in [0.3, 0.4) is 0 Å². The molecule has 0 saturated heterocycles. The first-order valence-corrected chi connectivity index (χ1v) is 6.15. The zero-order valence-electron chi connectivity index (χ0n) is 10.3. The number of aromatic carboxylic acids is 1. The Balaban J connectivity index is 2.17. The molecule has 0 spiro atoms. The van der Waals surface area contributed by atoms with E-state index in [0.717, 1.165) is 5.56 Å². The highest BCUT2D eigenvalue weighted by Crippen LogP contribution is 2.21. The molecule has 4 nitrogen and oxygen atoms in total. The summed E-state index contributed by atoms with van der Waals surface area (Å²) in [7, 11) is 0. The summed E-state index contributed by atoms with van der Waals surface area (Å²) in [6.07, 6.45) is 1.47. The average molecular weight is 277 g/mol. The average Bonchev–Trinajstić information content (AvgIpc) is 2.39. The van der Waals surface area contributed by atoms with Gasteiger partial charge in [0.2, 0.25) is 0 Å². The van der Waals surface area contributed by atoms with Gasteiger partial charge in [-0.3, -0.25) is 0 Å². The number of halogens is 1. The molecule has 0 saturated carbocycles. The molecule has 2 N–H and O–H groups in total. The van der Waals surface area contributed by atoms with Crippen molar-refractivity contribution >= 4 is 23.4 Å². The third-order valence-electron chi connectivity index (χ3n) is 2.72. The van der Waals surface area contributed by atoms with Gasteiger partial charge in [0.25, 0.3) is 0 Å². The molecule has 1 atom stereocenters. The maximum absolute atomic E-state index is 10.9. The lowest BCUT2D eigenvalue weighted by Gasteiger charge is -2.15. The van der Waals surface area contributed by atoms with E-state index in [1.807, 2.05) is 25.1 Å². The third-order valence-corrected chi connectivity index (χ3v) is 2.96. The van der Waals surface area contributed by atoms with E-state index in [-0.39, 0.29) is 11.6 Å². The van der Waals surface area contributed by atoms with Gasteiger partial charge in [0.05, 0.1) is 5.56 Å². The molecule has 0 aliphatic rings. The predicted octanol–water partition coefficient (Wildman–Crippen LogP) is 3.61. The molecule has 0 aliphatic heterocycles. The molecule has 98 valence electrons. The molecule has 0 radical (unpaired) electrons. The number of nitrogens with zero attached hydrogens (tertiary/aromatic N) is 1. The van der Waals surface area contributed by atoms with Gasteiger partial charge in [0, 0.05) is 17.3 Å². The molecule has 5 heteroatoms. The number of hydrogen-bond acceptors (Lipinski definition) is 3. The Labute approximate surface area is 116 Å². The number of anilines is 1. The fraction of sp³-hybridized carbons (Fsp3) is 0.143. The van der Waals surface area contributed by atoms with Crippen LogP contribution in [0.15, 0.2) is 42.6 Å². The van der Waals surface area contributed by atoms with Crippen LogP contribution in [0, 0.1) is 0 Å². The molecule has 1 unspecified atom stereocenters. The van der Waals surface area contributed by atoms with Gasteiger partial charge in [-0.1, -0.05) is 23.7 Å². The summed E-state index contributed by atoms with van der Waals surface area (Å²) in [5.41, 5.74) is 1.21. The fourth-order valence-corrected chi connectivity index (χ4v) is 1.92. The zero-order valence-corrected chi connectivity index (χ0v) is 11.1. The highest BCUT2D eigenvalue weighted by atomic mass is 35.5. The monoisotopic (exact) mass is 276 g/mol. The highest BCUT2D eigenvalue weighted by molar-refractivity contribution is 6.30. The number of rotatable bonds is 4. The van der Waals surface area contributed by atoms with Gasteiger partial charge in [-0.05, 0) is 36.8 Å². The first-order valence-electron chi connectivity index (χ1n) is 5.77. The van der Waals surface area contributed by atoms with E-state index in [0.29, 0.717) is 10.8 Å². The van der Waals surface area contributed by atoms with Crippen LogP contribution in [0.4, 0.5) is 5.82 Å². The van der Waals surface area contributed by atoms with Crippen molar-refractivity contribution in [2.75, 3.05) is 5.32 Å². The van der Waals surface area contributed by atoms with E-state index in [1.165, 1.54) is 18.3 Å². The Hall–Kier alpha value is -2.07. The lowest BCUT2D eigenvalue weighted by atomic mass is 10.1. The third kappa shape index (κ3) is 3.45. The molecule has 0 fully saturated rings. The van der Waals surface area contributed by atoms with Crippen molar-refractivity contribution in [1.82, 2.24) is 4.98 Å². The molecule has 2 aromatic rings. The number of carboxylic acids is 1. The van der Waals surface area contributed by atoms with Crippen molar-refractivity contribution in [3.05, 3.63) is 58.7 Å². The Morgan fingerprint density at radius 2 is 2.16 bits per heavy atom. The quantitative estimate of drug-likeness (QED) is 0.895. The Kier molecular flexibility index (Phi) is 4.02. The first kappa shape index (κ1) is 13.4. The Bertz CT molecular complexity index is 602. The van der Waals surface area contributed by atoms with Gasteiger partial charge in [0.1, 0.15) is 5.82 Å². The minimum atomic E-state index is -0.971. The van der Waals surface area contributed by atoms with Gasteiger partial charge in [-0.2, -0.15) is 0 Å². The topological polar surface area (TPSA) is 62.2 Å². The van der Waals surface area contributed by atoms with Crippen molar-refractivity contribution in [3.8, 4) is 0 Å². The second-order valence-electron chi connectivity index (χ2n) is 4.16. The van der Waals surface area contributed by atoms with Crippen molar-refractivity contribution in [1.29, 1.82) is 0 Å². The summed E-state index contributed by atoms with van der Waals surface area (Å²) >= 11 is 5.94. The normalized spacial score (nSPS) is 11.9. The summed E-state index contributed by atoms with van der Waals surface area (Å²) in [6, 6.07) is 10.4. The van der Waals surface area contributed by atoms with Crippen LogP contribution >= 0.6 is 11.6 Å². The van der Waals surface area contributed by atoms with Crippen molar-refractivity contribution in [2.24, 2.45) is 0 Å². The van der Waals surface area contributed by atoms with Crippen molar-refractivity contribution < 1.29 is 9.90 Å². The highest BCUT2D eigenvalue weighted by Gasteiger charge is 2.08. The van der Waals surface area contributed by atoms with Gasteiger partial charge in [0.15, 0.2) is 0 Å². The number of pyridine rings is 1. The van der Waals surface area contributed by atoms with Crippen LogP contribution in [0.5, 0.6) is 0 Å². The molecule has 2 rings (SSSR count). The van der Waals surface area contributed by atoms with Crippen LogP contribution in [-0.4, -0.2) is 16.1 Å². The summed E-state index contributed by atoms with van der Waals surface area (Å²) in [6.45, 7) is 1.96. The number of carboxylic acid groups (broad SMARTS) is 1. The van der Waals surface area contributed by atoms with E-state index < -0.39 is 5.97 Å². The minimum Gasteiger partial charge on any atom is -0.478 e. The second-order valence-corrected chi connectivity index (χ2v) is 4.59. The number of aromatic nitrogens is 1. The van der Waals surface area contributed by atoms with E-state index in [2.05, 4.69) is 10.3 Å². The summed E-state index contributed by atoms with van der Waals surface area (Å²) < 4.78 is 0. The van der Waals surface area contributed by atoms with Crippen LogP contribution in [0.25, 0.3) is 0 Å². The van der Waals surface area contributed by atoms with E-state index in [9.17, 15) is 4.79 Å². The molecule has 0 amide bonds. The number of benzene rings is 1. The lowest BCUT2D eigenvalue weighted by Crippen LogP contribution is -2.09. The fourth-order valence-electron chi connectivity index (χ4n) is 1.72. The molecule has 0 bridgehead atoms. The molecule has 19 heavy (non-hydrogen) atoms. The Morgan fingerprint density at radius 1 is 1.37 bits per heavy atom. The molecular weight excluding hydrogens is 264 g/mol. The van der Waals surface area contributed by atoms with Crippen molar-refractivity contribution in [3.63, 3.8) is 0 Å². The van der Waals surface area contributed by atoms with Gasteiger partial charge >= 0.3 is 5.97 Å². The van der Waals surface area contributed by atoms with Gasteiger partial charge in [-0.25, -0.2) is 9.78 Å². The maximum atomic E-state index is 10.9. The first-order chi connectivity index (χ1) is 9.06.